The van der Waals surface area contributed by atoms with Crippen molar-refractivity contribution >= 4 is 17.9 Å². The third-order valence-corrected chi connectivity index (χ3v) is 3.44. The maximum Gasteiger partial charge on any atom is 0.434 e. The van der Waals surface area contributed by atoms with E-state index in [1.807, 2.05) is 0 Å². The van der Waals surface area contributed by atoms with Crippen molar-refractivity contribution in [2.45, 2.75) is 52.6 Å². The van der Waals surface area contributed by atoms with Crippen LogP contribution >= 0.6 is 0 Å². The fourth-order valence-electron chi connectivity index (χ4n) is 1.49. The van der Waals surface area contributed by atoms with Crippen molar-refractivity contribution in [3.8, 4) is 0 Å². The van der Waals surface area contributed by atoms with E-state index in [2.05, 4.69) is 9.47 Å². The van der Waals surface area contributed by atoms with Crippen molar-refractivity contribution in [2.75, 3.05) is 13.2 Å². The molecule has 0 amide bonds. The lowest BCUT2D eigenvalue weighted by Crippen LogP contribution is -2.46. The Balaban J connectivity index is 4.85. The van der Waals surface area contributed by atoms with E-state index in [0.717, 1.165) is 0 Å². The van der Waals surface area contributed by atoms with Crippen LogP contribution in [0.25, 0.3) is 0 Å². The van der Waals surface area contributed by atoms with Gasteiger partial charge in [0, 0.05) is 0 Å². The molecular formula is C15H20F6O6. The summed E-state index contributed by atoms with van der Waals surface area (Å²) in [4.78, 5) is 34.7. The first-order valence-electron chi connectivity index (χ1n) is 7.71. The van der Waals surface area contributed by atoms with Gasteiger partial charge in [-0.05, 0) is 13.3 Å². The van der Waals surface area contributed by atoms with Gasteiger partial charge in [-0.3, -0.25) is 9.59 Å². The quantitative estimate of drug-likeness (QED) is 0.348. The Kier molecular flexibility index (Phi) is 8.58. The average molecular weight is 410 g/mol. The van der Waals surface area contributed by atoms with Crippen molar-refractivity contribution in [2.24, 2.45) is 11.3 Å². The van der Waals surface area contributed by atoms with Crippen LogP contribution in [0, 0.1) is 11.3 Å². The zero-order valence-electron chi connectivity index (χ0n) is 15.0. The van der Waals surface area contributed by atoms with Gasteiger partial charge in [0.25, 0.3) is 6.10 Å². The molecule has 1 atom stereocenters. The zero-order chi connectivity index (χ0) is 21.6. The highest BCUT2D eigenvalue weighted by molar-refractivity contribution is 5.81. The predicted octanol–water partition coefficient (Wildman–Crippen LogP) is 3.18. The van der Waals surface area contributed by atoms with Gasteiger partial charge in [0.1, 0.15) is 6.61 Å². The molecular weight excluding hydrogens is 390 g/mol. The Morgan fingerprint density at radius 2 is 1.41 bits per heavy atom. The Morgan fingerprint density at radius 1 is 0.926 bits per heavy atom. The first kappa shape index (κ1) is 25.0. The molecule has 0 saturated heterocycles. The minimum absolute atomic E-state index is 0.0555. The number of halogens is 6. The van der Waals surface area contributed by atoms with Crippen molar-refractivity contribution in [3.63, 3.8) is 0 Å². The Bertz CT molecular complexity index is 528. The van der Waals surface area contributed by atoms with Crippen molar-refractivity contribution in [1.82, 2.24) is 0 Å². The molecule has 0 saturated carbocycles. The molecule has 0 radical (unpaired) electrons. The van der Waals surface area contributed by atoms with E-state index in [1.54, 1.807) is 0 Å². The minimum Gasteiger partial charge on any atom is -0.464 e. The first-order valence-corrected chi connectivity index (χ1v) is 7.71. The maximum atomic E-state index is 12.3. The number of hydrogen-bond donors (Lipinski definition) is 0. The second-order valence-electron chi connectivity index (χ2n) is 6.21. The SMILES string of the molecule is CCC(C)(COC(=O)C(C)C)C(=O)OCC(=O)OC(C(F)(F)F)C(F)(F)F. The van der Waals surface area contributed by atoms with E-state index in [-0.39, 0.29) is 6.42 Å². The van der Waals surface area contributed by atoms with Gasteiger partial charge in [-0.25, -0.2) is 4.79 Å². The van der Waals surface area contributed by atoms with Crippen molar-refractivity contribution in [1.29, 1.82) is 0 Å². The van der Waals surface area contributed by atoms with Gasteiger partial charge in [0.15, 0.2) is 6.61 Å². The summed E-state index contributed by atoms with van der Waals surface area (Å²) in [6.45, 7) is 3.97. The van der Waals surface area contributed by atoms with E-state index < -0.39 is 60.9 Å². The fourth-order valence-corrected chi connectivity index (χ4v) is 1.49. The minimum atomic E-state index is -5.87. The lowest BCUT2D eigenvalue weighted by molar-refractivity contribution is -0.313. The summed E-state index contributed by atoms with van der Waals surface area (Å²) >= 11 is 0. The molecule has 12 heteroatoms. The summed E-state index contributed by atoms with van der Waals surface area (Å²) in [5, 5.41) is 0. The molecule has 0 aromatic heterocycles. The number of carbonyl (C=O) groups excluding carboxylic acids is 3. The van der Waals surface area contributed by atoms with E-state index in [1.165, 1.54) is 27.7 Å². The van der Waals surface area contributed by atoms with E-state index >= 15 is 0 Å². The molecule has 0 N–H and O–H groups in total. The Hall–Kier alpha value is -2.01. The molecule has 0 fully saturated rings. The summed E-state index contributed by atoms with van der Waals surface area (Å²) in [5.74, 6) is -4.28. The standard InChI is InChI=1S/C15H20F6O6/c1-5-13(4,7-26-10(23)8(2)3)12(24)25-6-9(22)27-11(14(16,17)18)15(19,20)21/h8,11H,5-7H2,1-4H3. The molecule has 0 spiro atoms. The molecule has 1 unspecified atom stereocenters. The topological polar surface area (TPSA) is 78.9 Å². The fraction of sp³-hybridized carbons (Fsp3) is 0.800. The predicted molar refractivity (Wildman–Crippen MR) is 77.1 cm³/mol. The lowest BCUT2D eigenvalue weighted by Gasteiger charge is -2.26. The van der Waals surface area contributed by atoms with Gasteiger partial charge in [0.2, 0.25) is 0 Å². The molecule has 0 heterocycles. The van der Waals surface area contributed by atoms with Crippen LogP contribution in [0.1, 0.15) is 34.1 Å². The molecule has 6 nitrogen and oxygen atoms in total. The summed E-state index contributed by atoms with van der Waals surface area (Å²) in [5.41, 5.74) is -1.45. The highest BCUT2D eigenvalue weighted by Gasteiger charge is 2.60. The van der Waals surface area contributed by atoms with E-state index in [0.29, 0.717) is 0 Å². The van der Waals surface area contributed by atoms with Crippen LogP contribution in [0.4, 0.5) is 26.3 Å². The first-order chi connectivity index (χ1) is 12.0. The highest BCUT2D eigenvalue weighted by Crippen LogP contribution is 2.35. The maximum absolute atomic E-state index is 12.3. The van der Waals surface area contributed by atoms with Gasteiger partial charge in [-0.1, -0.05) is 20.8 Å². The van der Waals surface area contributed by atoms with E-state index in [9.17, 15) is 40.7 Å². The molecule has 0 bridgehead atoms. The van der Waals surface area contributed by atoms with Crippen LogP contribution in [-0.2, 0) is 28.6 Å². The van der Waals surface area contributed by atoms with Crippen LogP contribution < -0.4 is 0 Å². The number of esters is 3. The second kappa shape index (κ2) is 9.27. The van der Waals surface area contributed by atoms with Gasteiger partial charge >= 0.3 is 30.3 Å². The third kappa shape index (κ3) is 8.04. The summed E-state index contributed by atoms with van der Waals surface area (Å²) in [7, 11) is 0. The van der Waals surface area contributed by atoms with Crippen LogP contribution in [0.3, 0.4) is 0 Å². The Morgan fingerprint density at radius 3 is 1.78 bits per heavy atom. The van der Waals surface area contributed by atoms with Crippen molar-refractivity contribution in [3.05, 3.63) is 0 Å². The van der Waals surface area contributed by atoms with E-state index in [4.69, 9.17) is 4.74 Å². The molecule has 0 aliphatic carbocycles. The van der Waals surface area contributed by atoms with Gasteiger partial charge in [0.05, 0.1) is 11.3 Å². The third-order valence-electron chi connectivity index (χ3n) is 3.44. The second-order valence-corrected chi connectivity index (χ2v) is 6.21. The number of ether oxygens (including phenoxy) is 3. The molecule has 158 valence electrons. The smallest absolute Gasteiger partial charge is 0.434 e. The molecule has 27 heavy (non-hydrogen) atoms. The average Bonchev–Trinajstić information content (AvgIpc) is 2.52. The van der Waals surface area contributed by atoms with Gasteiger partial charge in [-0.2, -0.15) is 26.3 Å². The normalized spacial score (nSPS) is 14.7. The molecule has 0 aliphatic rings. The number of carbonyl (C=O) groups is 3. The van der Waals surface area contributed by atoms with Crippen LogP contribution in [-0.4, -0.2) is 49.6 Å². The van der Waals surface area contributed by atoms with Gasteiger partial charge < -0.3 is 14.2 Å². The number of hydrogen-bond acceptors (Lipinski definition) is 6. The lowest BCUT2D eigenvalue weighted by atomic mass is 9.89. The van der Waals surface area contributed by atoms with Crippen LogP contribution in [0.15, 0.2) is 0 Å². The van der Waals surface area contributed by atoms with Crippen LogP contribution in [0.2, 0.25) is 0 Å². The number of alkyl halides is 6. The van der Waals surface area contributed by atoms with Crippen molar-refractivity contribution < 1.29 is 54.9 Å². The summed E-state index contributed by atoms with van der Waals surface area (Å²) in [6.07, 6.45) is -16.0. The summed E-state index contributed by atoms with van der Waals surface area (Å²) < 4.78 is 86.5. The van der Waals surface area contributed by atoms with Gasteiger partial charge in [-0.15, -0.1) is 0 Å². The summed E-state index contributed by atoms with van der Waals surface area (Å²) in [6, 6.07) is 0. The highest BCUT2D eigenvalue weighted by atomic mass is 19.4. The molecule has 0 aliphatic heterocycles. The molecule has 0 rings (SSSR count). The largest absolute Gasteiger partial charge is 0.464 e. The molecule has 0 aromatic carbocycles. The molecule has 0 aromatic rings. The number of rotatable bonds is 8. The van der Waals surface area contributed by atoms with Crippen LogP contribution in [0.5, 0.6) is 0 Å². The Labute approximate surface area is 151 Å². The monoisotopic (exact) mass is 410 g/mol. The zero-order valence-corrected chi connectivity index (χ0v) is 15.0.